The summed E-state index contributed by atoms with van der Waals surface area (Å²) in [5.41, 5.74) is 4.53. The third-order valence-corrected chi connectivity index (χ3v) is 4.40. The molecule has 5 nitrogen and oxygen atoms in total. The maximum Gasteiger partial charge on any atom is 0.287 e. The van der Waals surface area contributed by atoms with Gasteiger partial charge in [-0.3, -0.25) is 4.79 Å². The van der Waals surface area contributed by atoms with Gasteiger partial charge in [-0.2, -0.15) is 5.10 Å². The third kappa shape index (κ3) is 3.46. The van der Waals surface area contributed by atoms with Crippen LogP contribution in [0.25, 0.3) is 10.9 Å². The Kier molecular flexibility index (Phi) is 4.49. The number of nitrogens with one attached hydrogen (secondary N) is 2. The minimum atomic E-state index is -0.325. The summed E-state index contributed by atoms with van der Waals surface area (Å²) in [6.45, 7) is 0. The zero-order valence-electron chi connectivity index (χ0n) is 11.7. The molecular formula is C16H11Br2N3O2. The van der Waals surface area contributed by atoms with Gasteiger partial charge in [-0.05, 0) is 61.7 Å². The number of nitrogens with zero attached hydrogens (tertiary/aromatic N) is 1. The minimum Gasteiger partial charge on any atom is -0.506 e. The van der Waals surface area contributed by atoms with Gasteiger partial charge in [-0.25, -0.2) is 5.43 Å². The summed E-state index contributed by atoms with van der Waals surface area (Å²) in [4.78, 5) is 15.1. The van der Waals surface area contributed by atoms with Crippen LogP contribution in [0.4, 0.5) is 0 Å². The van der Waals surface area contributed by atoms with E-state index in [0.29, 0.717) is 14.6 Å². The number of hydrogen-bond acceptors (Lipinski definition) is 3. The summed E-state index contributed by atoms with van der Waals surface area (Å²) in [6.07, 6.45) is 1.50. The van der Waals surface area contributed by atoms with Crippen LogP contribution in [0, 0.1) is 0 Å². The Labute approximate surface area is 148 Å². The number of halogens is 2. The standard InChI is InChI=1S/C16H11Br2N3O2/c17-11-5-9(6-12(18)15(11)22)8-19-21-16(23)14-7-10-3-1-2-4-13(10)20-14/h1-8,20,22H,(H,21,23)/b19-8+. The van der Waals surface area contributed by atoms with E-state index in [1.54, 1.807) is 18.2 Å². The first-order valence-electron chi connectivity index (χ1n) is 6.64. The smallest absolute Gasteiger partial charge is 0.287 e. The van der Waals surface area contributed by atoms with Crippen molar-refractivity contribution < 1.29 is 9.90 Å². The molecule has 0 aliphatic heterocycles. The number of para-hydroxylation sites is 1. The van der Waals surface area contributed by atoms with Crippen LogP contribution < -0.4 is 5.43 Å². The molecule has 116 valence electrons. The highest BCUT2D eigenvalue weighted by Crippen LogP contribution is 2.32. The van der Waals surface area contributed by atoms with Crippen LogP contribution in [0.5, 0.6) is 5.75 Å². The number of hydrazone groups is 1. The lowest BCUT2D eigenvalue weighted by Crippen LogP contribution is -2.17. The second kappa shape index (κ2) is 6.55. The number of amides is 1. The Balaban J connectivity index is 1.73. The van der Waals surface area contributed by atoms with Gasteiger partial charge >= 0.3 is 0 Å². The summed E-state index contributed by atoms with van der Waals surface area (Å²) < 4.78 is 1.07. The summed E-state index contributed by atoms with van der Waals surface area (Å²) in [5, 5.41) is 14.5. The molecule has 1 amide bonds. The van der Waals surface area contributed by atoms with E-state index in [-0.39, 0.29) is 11.7 Å². The van der Waals surface area contributed by atoms with E-state index in [0.717, 1.165) is 16.5 Å². The average molecular weight is 437 g/mol. The molecule has 3 rings (SSSR count). The van der Waals surface area contributed by atoms with Crippen molar-refractivity contribution in [3.8, 4) is 5.75 Å². The number of benzene rings is 2. The van der Waals surface area contributed by atoms with Gasteiger partial charge in [-0.15, -0.1) is 0 Å². The first-order valence-corrected chi connectivity index (χ1v) is 8.22. The Morgan fingerprint density at radius 3 is 2.57 bits per heavy atom. The van der Waals surface area contributed by atoms with Crippen molar-refractivity contribution in [3.63, 3.8) is 0 Å². The number of H-pyrrole nitrogens is 1. The first kappa shape index (κ1) is 15.8. The molecule has 1 aromatic heterocycles. The van der Waals surface area contributed by atoms with Gasteiger partial charge in [0, 0.05) is 10.9 Å². The number of carbonyl (C=O) groups excluding carboxylic acids is 1. The van der Waals surface area contributed by atoms with Crippen LogP contribution in [-0.4, -0.2) is 22.2 Å². The summed E-state index contributed by atoms with van der Waals surface area (Å²) in [5.74, 6) is -0.210. The minimum absolute atomic E-state index is 0.115. The van der Waals surface area contributed by atoms with Crippen LogP contribution in [0.15, 0.2) is 56.5 Å². The lowest BCUT2D eigenvalue weighted by Gasteiger charge is -2.02. The number of phenolic OH excluding ortho intramolecular Hbond substituents is 1. The maximum absolute atomic E-state index is 12.1. The van der Waals surface area contributed by atoms with Crippen LogP contribution in [-0.2, 0) is 0 Å². The molecule has 3 aromatic rings. The lowest BCUT2D eigenvalue weighted by atomic mass is 10.2. The highest BCUT2D eigenvalue weighted by Gasteiger charge is 2.08. The molecule has 0 saturated carbocycles. The number of aromatic hydroxyl groups is 1. The molecule has 23 heavy (non-hydrogen) atoms. The zero-order valence-corrected chi connectivity index (χ0v) is 14.8. The van der Waals surface area contributed by atoms with Gasteiger partial charge in [0.15, 0.2) is 0 Å². The normalized spacial score (nSPS) is 11.2. The number of phenols is 1. The maximum atomic E-state index is 12.1. The van der Waals surface area contributed by atoms with Gasteiger partial charge in [-0.1, -0.05) is 18.2 Å². The number of carbonyl (C=O) groups is 1. The van der Waals surface area contributed by atoms with Gasteiger partial charge in [0.2, 0.25) is 0 Å². The molecule has 0 aliphatic rings. The molecule has 7 heteroatoms. The molecule has 3 N–H and O–H groups in total. The molecule has 0 fully saturated rings. The largest absolute Gasteiger partial charge is 0.506 e. The topological polar surface area (TPSA) is 77.5 Å². The van der Waals surface area contributed by atoms with Gasteiger partial charge in [0.25, 0.3) is 5.91 Å². The molecule has 0 radical (unpaired) electrons. The summed E-state index contributed by atoms with van der Waals surface area (Å²) >= 11 is 6.48. The first-order chi connectivity index (χ1) is 11.0. The second-order valence-electron chi connectivity index (χ2n) is 4.80. The Morgan fingerprint density at radius 1 is 1.17 bits per heavy atom. The van der Waals surface area contributed by atoms with Crippen molar-refractivity contribution >= 4 is 54.9 Å². The van der Waals surface area contributed by atoms with Crippen molar-refractivity contribution in [1.82, 2.24) is 10.4 Å². The van der Waals surface area contributed by atoms with E-state index >= 15 is 0 Å². The fraction of sp³-hybridized carbons (Fsp3) is 0. The van der Waals surface area contributed by atoms with Gasteiger partial charge < -0.3 is 10.1 Å². The van der Waals surface area contributed by atoms with Crippen molar-refractivity contribution in [1.29, 1.82) is 0 Å². The van der Waals surface area contributed by atoms with Crippen molar-refractivity contribution in [2.45, 2.75) is 0 Å². The molecule has 0 aliphatic carbocycles. The van der Waals surface area contributed by atoms with Gasteiger partial charge in [0.05, 0.1) is 15.2 Å². The third-order valence-electron chi connectivity index (χ3n) is 3.19. The van der Waals surface area contributed by atoms with Crippen molar-refractivity contribution in [2.24, 2.45) is 5.10 Å². The highest BCUT2D eigenvalue weighted by atomic mass is 79.9. The van der Waals surface area contributed by atoms with Crippen LogP contribution in [0.3, 0.4) is 0 Å². The van der Waals surface area contributed by atoms with E-state index in [9.17, 15) is 9.90 Å². The van der Waals surface area contributed by atoms with E-state index in [4.69, 9.17) is 0 Å². The van der Waals surface area contributed by atoms with E-state index in [1.165, 1.54) is 6.21 Å². The molecular weight excluding hydrogens is 426 g/mol. The Hall–Kier alpha value is -2.12. The van der Waals surface area contributed by atoms with Crippen molar-refractivity contribution in [2.75, 3.05) is 0 Å². The van der Waals surface area contributed by atoms with E-state index in [1.807, 2.05) is 24.3 Å². The average Bonchev–Trinajstić information content (AvgIpc) is 2.96. The van der Waals surface area contributed by atoms with Crippen LogP contribution >= 0.6 is 31.9 Å². The predicted octanol–water partition coefficient (Wildman–Crippen LogP) is 4.16. The quantitative estimate of drug-likeness (QED) is 0.425. The molecule has 0 unspecified atom stereocenters. The highest BCUT2D eigenvalue weighted by molar-refractivity contribution is 9.11. The van der Waals surface area contributed by atoms with Crippen LogP contribution in [0.2, 0.25) is 0 Å². The molecule has 2 aromatic carbocycles. The number of aromatic amines is 1. The molecule has 0 atom stereocenters. The molecule has 1 heterocycles. The zero-order chi connectivity index (χ0) is 16.4. The van der Waals surface area contributed by atoms with Gasteiger partial charge in [0.1, 0.15) is 11.4 Å². The van der Waals surface area contributed by atoms with E-state index in [2.05, 4.69) is 47.4 Å². The fourth-order valence-corrected chi connectivity index (χ4v) is 3.30. The van der Waals surface area contributed by atoms with Crippen molar-refractivity contribution in [3.05, 3.63) is 62.7 Å². The predicted molar refractivity (Wildman–Crippen MR) is 96.9 cm³/mol. The summed E-state index contributed by atoms with van der Waals surface area (Å²) in [7, 11) is 0. The molecule has 0 saturated heterocycles. The molecule has 0 bridgehead atoms. The number of rotatable bonds is 3. The Morgan fingerprint density at radius 2 is 1.87 bits per heavy atom. The SMILES string of the molecule is O=C(N/N=C/c1cc(Br)c(O)c(Br)c1)c1cc2ccccc2[nH]1. The number of aromatic nitrogens is 1. The van der Waals surface area contributed by atoms with Crippen LogP contribution in [0.1, 0.15) is 16.1 Å². The molecule has 0 spiro atoms. The van der Waals surface area contributed by atoms with E-state index < -0.39 is 0 Å². The fourth-order valence-electron chi connectivity index (χ4n) is 2.08. The second-order valence-corrected chi connectivity index (χ2v) is 6.51. The Bertz CT molecular complexity index is 863. The number of hydrogen-bond donors (Lipinski definition) is 3. The number of fused-ring (bicyclic) bond motifs is 1. The lowest BCUT2D eigenvalue weighted by molar-refractivity contribution is 0.0951. The summed E-state index contributed by atoms with van der Waals surface area (Å²) in [6, 6.07) is 12.8. The monoisotopic (exact) mass is 435 g/mol.